The van der Waals surface area contributed by atoms with Crippen molar-refractivity contribution >= 4 is 84.8 Å². The maximum Gasteiger partial charge on any atom is 0.179 e. The topological polar surface area (TPSA) is 11.4 Å². The quantitative estimate of drug-likeness (QED) is 0.111. The lowest BCUT2D eigenvalue weighted by molar-refractivity contribution is -0.0419. The van der Waals surface area contributed by atoms with Gasteiger partial charge in [-0.2, -0.15) is 0 Å². The molecule has 0 amide bonds. The van der Waals surface area contributed by atoms with E-state index >= 15 is 0 Å². The van der Waals surface area contributed by atoms with Gasteiger partial charge in [-0.3, -0.25) is 0 Å². The summed E-state index contributed by atoms with van der Waals surface area (Å²) in [6.07, 6.45) is 13.7. The Balaban J connectivity index is 0.814. The molecular weight excluding hydrogens is 1100 g/mol. The summed E-state index contributed by atoms with van der Waals surface area (Å²) in [4.78, 5) is 5.35. The van der Waals surface area contributed by atoms with Gasteiger partial charge in [0.2, 0.25) is 0 Å². The number of hydrogen-bond acceptors (Lipinski definition) is 2. The fraction of sp³-hybridized carbons (Fsp3) is 0.233. The largest absolute Gasteiger partial charge is 0.310 e. The molecule has 3 nitrogen and oxygen atoms in total. The van der Waals surface area contributed by atoms with Gasteiger partial charge in [-0.25, -0.2) is 0 Å². The van der Waals surface area contributed by atoms with Crippen molar-refractivity contribution in [2.75, 3.05) is 9.80 Å². The van der Waals surface area contributed by atoms with Crippen molar-refractivity contribution in [3.8, 4) is 16.8 Å². The number of nitrogens with zero attached hydrogens (tertiary/aromatic N) is 3. The third kappa shape index (κ3) is 6.96. The molecule has 12 aromatic rings. The number of aromatic nitrogens is 1. The van der Waals surface area contributed by atoms with Gasteiger partial charge in [0.1, 0.15) is 0 Å². The fourth-order valence-electron chi connectivity index (χ4n) is 22.3. The molecule has 3 heterocycles. The molecule has 0 atom stereocenters. The smallest absolute Gasteiger partial charge is 0.179 e. The van der Waals surface area contributed by atoms with Gasteiger partial charge in [-0.15, -0.1) is 0 Å². The van der Waals surface area contributed by atoms with E-state index < -0.39 is 8.07 Å². The molecule has 8 bridgehead atoms. The van der Waals surface area contributed by atoms with Gasteiger partial charge in [0.05, 0.1) is 45.2 Å². The van der Waals surface area contributed by atoms with Crippen LogP contribution in [0.5, 0.6) is 0 Å². The number of fused-ring (bicyclic) bond motifs is 7. The fourth-order valence-corrected chi connectivity index (χ4v) is 27.0. The van der Waals surface area contributed by atoms with Gasteiger partial charge in [0, 0.05) is 32.9 Å². The van der Waals surface area contributed by atoms with Crippen LogP contribution >= 0.6 is 0 Å². The van der Waals surface area contributed by atoms with E-state index in [1.807, 2.05) is 0 Å². The van der Waals surface area contributed by atoms with Crippen molar-refractivity contribution in [3.63, 3.8) is 0 Å². The van der Waals surface area contributed by atoms with Gasteiger partial charge in [-0.05, 0) is 221 Å². The average Bonchev–Trinajstić information content (AvgIpc) is 0.747. The predicted molar refractivity (Wildman–Crippen MR) is 375 cm³/mol. The summed E-state index contributed by atoms with van der Waals surface area (Å²) in [7, 11) is -2.82. The molecule has 0 unspecified atom stereocenters. The van der Waals surface area contributed by atoms with Crippen LogP contribution in [-0.4, -0.2) is 12.6 Å². The minimum absolute atomic E-state index is 0.0224. The molecule has 0 saturated heterocycles. The molecular formula is C86H73N3Si. The van der Waals surface area contributed by atoms with E-state index in [1.54, 1.807) is 22.3 Å². The van der Waals surface area contributed by atoms with Crippen LogP contribution in [0.15, 0.2) is 273 Å². The number of benzene rings is 11. The SMILES string of the molecule is c1ccc([Si](c2ccccc2)(c2ccccc2)c2ccc(-c3cc(N4c5ccccc5C5(c6ccccc64)C4CC6CC(C4)CC5C6)ccc3-n3c4ccccc4c4c(N5c6ccccc6C6(c7ccccc75)C5CC7CC(C5)CC6C7)cccc43)cc2)cc1. The normalized spacial score (nSPS) is 24.1. The van der Waals surface area contributed by atoms with Crippen LogP contribution in [0.1, 0.15) is 86.5 Å². The minimum atomic E-state index is -2.82. The third-order valence-electron chi connectivity index (χ3n) is 24.9. The van der Waals surface area contributed by atoms with Crippen molar-refractivity contribution < 1.29 is 0 Å². The molecule has 436 valence electrons. The molecule has 22 rings (SSSR count). The maximum absolute atomic E-state index is 2.82. The first-order valence-electron chi connectivity index (χ1n) is 34.0. The van der Waals surface area contributed by atoms with Gasteiger partial charge >= 0.3 is 0 Å². The lowest BCUT2D eigenvalue weighted by Gasteiger charge is -2.64. The molecule has 1 aromatic heterocycles. The summed E-state index contributed by atoms with van der Waals surface area (Å²) in [5.41, 5.74) is 20.1. The van der Waals surface area contributed by atoms with Crippen LogP contribution in [0.2, 0.25) is 0 Å². The third-order valence-corrected chi connectivity index (χ3v) is 29.7. The molecule has 2 spiro atoms. The van der Waals surface area contributed by atoms with Crippen LogP contribution in [0.3, 0.4) is 0 Å². The van der Waals surface area contributed by atoms with Gasteiger partial charge in [0.25, 0.3) is 0 Å². The van der Waals surface area contributed by atoms with Crippen LogP contribution in [-0.2, 0) is 10.8 Å². The Morgan fingerprint density at radius 2 is 0.667 bits per heavy atom. The van der Waals surface area contributed by atoms with E-state index in [0.29, 0.717) is 23.7 Å². The Morgan fingerprint density at radius 1 is 0.289 bits per heavy atom. The van der Waals surface area contributed by atoms with Crippen LogP contribution in [0.4, 0.5) is 34.1 Å². The summed E-state index contributed by atoms with van der Waals surface area (Å²) in [6.45, 7) is 0. The second kappa shape index (κ2) is 19.5. The molecule has 10 aliphatic rings. The standard InChI is InChI=1S/C86H73N3Si/c1-4-21-66(22-5-1)90(67-23-6-2-7-24-67,68-25-8-3-9-26-68)69-42-39-60(40-43-69)71-55-65(87-78-33-16-11-28-72(78)85(73-29-12-17-34-79(73)87)61-47-56-45-57(49-61)50-62(85)48-56)41-44-77(71)88-76-32-15-10-27-70(76)84-82(88)37-20-38-83(84)89-80-35-18-13-30-74(80)86(75-31-14-19-36-81(75)89)63-51-58-46-59(53-63)54-64(86)52-58/h1-44,55-59,61-64H,45-54H2. The number of anilines is 6. The Bertz CT molecular complexity index is 4580. The molecule has 4 heteroatoms. The van der Waals surface area contributed by atoms with Gasteiger partial charge in [-0.1, -0.05) is 212 Å². The average molecular weight is 1180 g/mol. The first kappa shape index (κ1) is 51.9. The summed E-state index contributed by atoms with van der Waals surface area (Å²) in [6, 6.07) is 107. The molecule has 2 aliphatic heterocycles. The Morgan fingerprint density at radius 3 is 1.13 bits per heavy atom. The van der Waals surface area contributed by atoms with E-state index in [-0.39, 0.29) is 10.8 Å². The Hall–Kier alpha value is -8.96. The molecule has 8 aliphatic carbocycles. The zero-order valence-electron chi connectivity index (χ0n) is 51.0. The molecule has 11 aromatic carbocycles. The van der Waals surface area contributed by atoms with Gasteiger partial charge in [0.15, 0.2) is 8.07 Å². The van der Waals surface area contributed by atoms with E-state index in [4.69, 9.17) is 0 Å². The van der Waals surface area contributed by atoms with Crippen LogP contribution in [0.25, 0.3) is 38.6 Å². The van der Waals surface area contributed by atoms with Crippen LogP contribution < -0.4 is 30.5 Å². The minimum Gasteiger partial charge on any atom is -0.310 e. The monoisotopic (exact) mass is 1180 g/mol. The number of rotatable bonds is 8. The first-order valence-corrected chi connectivity index (χ1v) is 36.0. The zero-order valence-corrected chi connectivity index (χ0v) is 52.0. The highest BCUT2D eigenvalue weighted by atomic mass is 28.3. The summed E-state index contributed by atoms with van der Waals surface area (Å²) in [5, 5.41) is 8.06. The van der Waals surface area contributed by atoms with Crippen molar-refractivity contribution in [2.45, 2.75) is 75.0 Å². The molecule has 0 N–H and O–H groups in total. The zero-order chi connectivity index (χ0) is 58.9. The van der Waals surface area contributed by atoms with E-state index in [0.717, 1.165) is 23.7 Å². The molecule has 8 fully saturated rings. The Kier molecular flexibility index (Phi) is 11.3. The number of para-hydroxylation sites is 5. The van der Waals surface area contributed by atoms with E-state index in [1.165, 1.54) is 158 Å². The Labute approximate surface area is 530 Å². The molecule has 0 radical (unpaired) electrons. The first-order chi connectivity index (χ1) is 44.6. The highest BCUT2D eigenvalue weighted by Crippen LogP contribution is 2.71. The second-order valence-corrected chi connectivity index (χ2v) is 32.5. The van der Waals surface area contributed by atoms with E-state index in [2.05, 4.69) is 287 Å². The maximum atomic E-state index is 2.69. The van der Waals surface area contributed by atoms with Crippen molar-refractivity contribution in [1.29, 1.82) is 0 Å². The lowest BCUT2D eigenvalue weighted by atomic mass is 9.41. The van der Waals surface area contributed by atoms with Crippen molar-refractivity contribution in [2.24, 2.45) is 47.3 Å². The van der Waals surface area contributed by atoms with Crippen LogP contribution in [0, 0.1) is 47.3 Å². The highest BCUT2D eigenvalue weighted by molar-refractivity contribution is 7.19. The highest BCUT2D eigenvalue weighted by Gasteiger charge is 2.63. The second-order valence-electron chi connectivity index (χ2n) is 28.7. The summed E-state index contributed by atoms with van der Waals surface area (Å²) >= 11 is 0. The molecule has 90 heavy (non-hydrogen) atoms. The van der Waals surface area contributed by atoms with Gasteiger partial charge < -0.3 is 14.4 Å². The number of hydrogen-bond donors (Lipinski definition) is 0. The van der Waals surface area contributed by atoms with Crippen molar-refractivity contribution in [3.05, 3.63) is 295 Å². The van der Waals surface area contributed by atoms with E-state index in [9.17, 15) is 0 Å². The lowest BCUT2D eigenvalue weighted by Crippen LogP contribution is -2.74. The predicted octanol–water partition coefficient (Wildman–Crippen LogP) is 18.9. The van der Waals surface area contributed by atoms with Crippen molar-refractivity contribution in [1.82, 2.24) is 4.57 Å². The molecule has 8 saturated carbocycles. The summed E-state index contributed by atoms with van der Waals surface area (Å²) in [5.74, 6) is 6.19. The summed E-state index contributed by atoms with van der Waals surface area (Å²) < 4.78 is 2.63.